The van der Waals surface area contributed by atoms with Crippen molar-refractivity contribution in [2.24, 2.45) is 0 Å². The first-order valence-corrected chi connectivity index (χ1v) is 7.52. The van der Waals surface area contributed by atoms with Gasteiger partial charge in [0, 0.05) is 6.42 Å². The molecule has 0 saturated heterocycles. The molecule has 0 saturated carbocycles. The molecule has 2 heteroatoms. The molecule has 0 heterocycles. The van der Waals surface area contributed by atoms with Crippen LogP contribution in [0.1, 0.15) is 78.6 Å². The number of allylic oxidation sites excluding steroid dienone is 2. The van der Waals surface area contributed by atoms with E-state index in [-0.39, 0.29) is 5.97 Å². The molecule has 0 unspecified atom stereocenters. The van der Waals surface area contributed by atoms with Crippen LogP contribution in [0.5, 0.6) is 0 Å². The zero-order valence-electron chi connectivity index (χ0n) is 12.5. The SMILES string of the molecule is CCCCCCCC/C=C(\C)CCC(=O)OCC. The van der Waals surface area contributed by atoms with Crippen molar-refractivity contribution in [3.8, 4) is 0 Å². The van der Waals surface area contributed by atoms with Crippen LogP contribution >= 0.6 is 0 Å². The fraction of sp³-hybridized carbons (Fsp3) is 0.812. The van der Waals surface area contributed by atoms with Crippen molar-refractivity contribution < 1.29 is 9.53 Å². The summed E-state index contributed by atoms with van der Waals surface area (Å²) < 4.78 is 4.91. The smallest absolute Gasteiger partial charge is 0.306 e. The van der Waals surface area contributed by atoms with Gasteiger partial charge in [-0.1, -0.05) is 50.7 Å². The summed E-state index contributed by atoms with van der Waals surface area (Å²) in [5.41, 5.74) is 1.32. The summed E-state index contributed by atoms with van der Waals surface area (Å²) in [5.74, 6) is -0.0789. The molecule has 0 atom stereocenters. The summed E-state index contributed by atoms with van der Waals surface area (Å²) in [7, 11) is 0. The van der Waals surface area contributed by atoms with Gasteiger partial charge in [-0.15, -0.1) is 0 Å². The maximum atomic E-state index is 11.2. The second-order valence-corrected chi connectivity index (χ2v) is 4.91. The summed E-state index contributed by atoms with van der Waals surface area (Å²) in [6, 6.07) is 0. The molecule has 0 aromatic rings. The first kappa shape index (κ1) is 17.2. The van der Waals surface area contributed by atoms with Gasteiger partial charge >= 0.3 is 5.97 Å². The van der Waals surface area contributed by atoms with Crippen molar-refractivity contribution in [3.05, 3.63) is 11.6 Å². The molecular formula is C16H30O2. The summed E-state index contributed by atoms with van der Waals surface area (Å²) in [6.45, 7) is 6.68. The van der Waals surface area contributed by atoms with Crippen molar-refractivity contribution in [2.75, 3.05) is 6.61 Å². The highest BCUT2D eigenvalue weighted by Gasteiger charge is 2.01. The van der Waals surface area contributed by atoms with Crippen LogP contribution in [0.4, 0.5) is 0 Å². The Morgan fingerprint density at radius 1 is 1.00 bits per heavy atom. The summed E-state index contributed by atoms with van der Waals surface area (Å²) in [5, 5.41) is 0. The number of hydrogen-bond acceptors (Lipinski definition) is 2. The maximum absolute atomic E-state index is 11.2. The Labute approximate surface area is 113 Å². The number of ether oxygens (including phenoxy) is 1. The molecule has 0 fully saturated rings. The van der Waals surface area contributed by atoms with Gasteiger partial charge in [-0.3, -0.25) is 4.79 Å². The number of hydrogen-bond donors (Lipinski definition) is 0. The average Bonchev–Trinajstić information content (AvgIpc) is 2.35. The van der Waals surface area contributed by atoms with Crippen molar-refractivity contribution in [1.82, 2.24) is 0 Å². The summed E-state index contributed by atoms with van der Waals surface area (Å²) in [6.07, 6.45) is 12.8. The Morgan fingerprint density at radius 3 is 2.33 bits per heavy atom. The van der Waals surface area contributed by atoms with Crippen LogP contribution in [-0.2, 0) is 9.53 Å². The third-order valence-electron chi connectivity index (χ3n) is 3.08. The number of unbranched alkanes of at least 4 members (excludes halogenated alkanes) is 6. The average molecular weight is 254 g/mol. The minimum Gasteiger partial charge on any atom is -0.466 e. The fourth-order valence-electron chi connectivity index (χ4n) is 1.91. The Morgan fingerprint density at radius 2 is 1.67 bits per heavy atom. The Bertz CT molecular complexity index is 231. The van der Waals surface area contributed by atoms with Gasteiger partial charge in [0.05, 0.1) is 6.61 Å². The molecule has 0 aromatic heterocycles. The molecule has 2 nitrogen and oxygen atoms in total. The fourth-order valence-corrected chi connectivity index (χ4v) is 1.91. The molecule has 0 aliphatic rings. The number of rotatable bonds is 11. The van der Waals surface area contributed by atoms with E-state index in [0.717, 1.165) is 12.8 Å². The normalized spacial score (nSPS) is 11.6. The van der Waals surface area contributed by atoms with Gasteiger partial charge in [-0.2, -0.15) is 0 Å². The highest BCUT2D eigenvalue weighted by molar-refractivity contribution is 5.69. The Balaban J connectivity index is 3.44. The lowest BCUT2D eigenvalue weighted by molar-refractivity contribution is -0.143. The first-order chi connectivity index (χ1) is 8.70. The number of esters is 1. The van der Waals surface area contributed by atoms with E-state index in [2.05, 4.69) is 19.9 Å². The topological polar surface area (TPSA) is 26.3 Å². The number of carbonyl (C=O) groups excluding carboxylic acids is 1. The van der Waals surface area contributed by atoms with E-state index in [4.69, 9.17) is 4.74 Å². The lowest BCUT2D eigenvalue weighted by atomic mass is 10.1. The molecule has 0 aromatic carbocycles. The highest BCUT2D eigenvalue weighted by atomic mass is 16.5. The van der Waals surface area contributed by atoms with Crippen LogP contribution in [0.2, 0.25) is 0 Å². The van der Waals surface area contributed by atoms with E-state index < -0.39 is 0 Å². The van der Waals surface area contributed by atoms with Crippen LogP contribution in [0.15, 0.2) is 11.6 Å². The standard InChI is InChI=1S/C16H30O2/c1-4-6-7-8-9-10-11-12-15(3)13-14-16(17)18-5-2/h12H,4-11,13-14H2,1-3H3/b15-12+. The van der Waals surface area contributed by atoms with E-state index in [1.54, 1.807) is 0 Å². The molecular weight excluding hydrogens is 224 g/mol. The first-order valence-electron chi connectivity index (χ1n) is 7.52. The van der Waals surface area contributed by atoms with Gasteiger partial charge in [0.25, 0.3) is 0 Å². The molecule has 0 radical (unpaired) electrons. The van der Waals surface area contributed by atoms with Crippen LogP contribution in [0.3, 0.4) is 0 Å². The van der Waals surface area contributed by atoms with Gasteiger partial charge < -0.3 is 4.74 Å². The predicted molar refractivity (Wildman–Crippen MR) is 77.6 cm³/mol. The van der Waals surface area contributed by atoms with Gasteiger partial charge in [0.2, 0.25) is 0 Å². The van der Waals surface area contributed by atoms with E-state index in [1.807, 2.05) is 6.92 Å². The van der Waals surface area contributed by atoms with E-state index in [1.165, 1.54) is 44.1 Å². The van der Waals surface area contributed by atoms with E-state index in [0.29, 0.717) is 13.0 Å². The molecule has 0 aliphatic carbocycles. The lowest BCUT2D eigenvalue weighted by Crippen LogP contribution is -2.03. The minimum atomic E-state index is -0.0789. The summed E-state index contributed by atoms with van der Waals surface area (Å²) in [4.78, 5) is 11.2. The summed E-state index contributed by atoms with van der Waals surface area (Å²) >= 11 is 0. The van der Waals surface area contributed by atoms with Crippen LogP contribution in [0.25, 0.3) is 0 Å². The molecule has 0 N–H and O–H groups in total. The van der Waals surface area contributed by atoms with Gasteiger partial charge in [0.15, 0.2) is 0 Å². The zero-order valence-corrected chi connectivity index (χ0v) is 12.5. The Hall–Kier alpha value is -0.790. The second-order valence-electron chi connectivity index (χ2n) is 4.91. The van der Waals surface area contributed by atoms with Gasteiger partial charge in [0.1, 0.15) is 0 Å². The quantitative estimate of drug-likeness (QED) is 0.294. The Kier molecular flexibility index (Phi) is 12.1. The lowest BCUT2D eigenvalue weighted by Gasteiger charge is -2.03. The molecule has 0 bridgehead atoms. The van der Waals surface area contributed by atoms with E-state index in [9.17, 15) is 4.79 Å². The van der Waals surface area contributed by atoms with Crippen molar-refractivity contribution in [2.45, 2.75) is 78.6 Å². The third kappa shape index (κ3) is 11.7. The van der Waals surface area contributed by atoms with Crippen molar-refractivity contribution >= 4 is 5.97 Å². The van der Waals surface area contributed by atoms with Crippen LogP contribution in [-0.4, -0.2) is 12.6 Å². The molecule has 0 spiro atoms. The molecule has 106 valence electrons. The van der Waals surface area contributed by atoms with Crippen molar-refractivity contribution in [1.29, 1.82) is 0 Å². The predicted octanol–water partition coefficient (Wildman–Crippen LogP) is 5.03. The maximum Gasteiger partial charge on any atom is 0.306 e. The molecule has 0 amide bonds. The van der Waals surface area contributed by atoms with Crippen LogP contribution < -0.4 is 0 Å². The number of carbonyl (C=O) groups is 1. The highest BCUT2D eigenvalue weighted by Crippen LogP contribution is 2.11. The van der Waals surface area contributed by atoms with Crippen molar-refractivity contribution in [3.63, 3.8) is 0 Å². The molecule has 0 rings (SSSR count). The van der Waals surface area contributed by atoms with E-state index >= 15 is 0 Å². The molecule has 0 aliphatic heterocycles. The monoisotopic (exact) mass is 254 g/mol. The zero-order chi connectivity index (χ0) is 13.6. The molecule has 18 heavy (non-hydrogen) atoms. The second kappa shape index (κ2) is 12.7. The largest absolute Gasteiger partial charge is 0.466 e. The van der Waals surface area contributed by atoms with Gasteiger partial charge in [-0.05, 0) is 33.1 Å². The third-order valence-corrected chi connectivity index (χ3v) is 3.08. The van der Waals surface area contributed by atoms with Gasteiger partial charge in [-0.25, -0.2) is 0 Å². The van der Waals surface area contributed by atoms with Crippen LogP contribution in [0, 0.1) is 0 Å². The minimum absolute atomic E-state index is 0.0789.